The Labute approximate surface area is 124 Å². The van der Waals surface area contributed by atoms with Crippen molar-refractivity contribution in [2.75, 3.05) is 5.32 Å². The molecule has 1 amide bonds. The van der Waals surface area contributed by atoms with Crippen LogP contribution in [0.2, 0.25) is 5.02 Å². The number of hydrogen-bond acceptors (Lipinski definition) is 3. The summed E-state index contributed by atoms with van der Waals surface area (Å²) in [5, 5.41) is 3.40. The molecule has 0 unspecified atom stereocenters. The Hall–Kier alpha value is -2.53. The van der Waals surface area contributed by atoms with E-state index in [1.54, 1.807) is 24.4 Å². The van der Waals surface area contributed by atoms with Crippen molar-refractivity contribution >= 4 is 34.2 Å². The first kappa shape index (κ1) is 13.5. The minimum Gasteiger partial charge on any atom is -0.321 e. The smallest absolute Gasteiger partial charge is 0.274 e. The van der Waals surface area contributed by atoms with Crippen LogP contribution in [0.4, 0.5) is 10.1 Å². The van der Waals surface area contributed by atoms with E-state index >= 15 is 0 Å². The predicted octanol–water partition coefficient (Wildman–Crippen LogP) is 3.67. The topological polar surface area (TPSA) is 54.9 Å². The second-order valence-corrected chi connectivity index (χ2v) is 4.74. The minimum atomic E-state index is -0.539. The number of benzene rings is 1. The minimum absolute atomic E-state index is 0.0547. The van der Waals surface area contributed by atoms with Crippen LogP contribution in [0.25, 0.3) is 11.0 Å². The molecule has 1 N–H and O–H groups in total. The molecule has 21 heavy (non-hydrogen) atoms. The largest absolute Gasteiger partial charge is 0.321 e. The average Bonchev–Trinajstić information content (AvgIpc) is 2.50. The summed E-state index contributed by atoms with van der Waals surface area (Å²) >= 11 is 5.67. The summed E-state index contributed by atoms with van der Waals surface area (Å²) in [4.78, 5) is 20.4. The Morgan fingerprint density at radius 2 is 2.05 bits per heavy atom. The van der Waals surface area contributed by atoms with Crippen LogP contribution in [-0.4, -0.2) is 15.9 Å². The summed E-state index contributed by atoms with van der Waals surface area (Å²) in [6.07, 6.45) is 1.61. The van der Waals surface area contributed by atoms with Gasteiger partial charge in [0.2, 0.25) is 0 Å². The highest BCUT2D eigenvalue weighted by molar-refractivity contribution is 6.31. The van der Waals surface area contributed by atoms with Crippen LogP contribution < -0.4 is 5.32 Å². The second-order valence-electron chi connectivity index (χ2n) is 4.33. The second kappa shape index (κ2) is 5.46. The third kappa shape index (κ3) is 2.83. The number of hydrogen-bond donors (Lipinski definition) is 1. The van der Waals surface area contributed by atoms with Crippen molar-refractivity contribution < 1.29 is 9.18 Å². The van der Waals surface area contributed by atoms with E-state index in [4.69, 9.17) is 11.6 Å². The third-order valence-electron chi connectivity index (χ3n) is 2.87. The first-order valence-corrected chi connectivity index (χ1v) is 6.49. The quantitative estimate of drug-likeness (QED) is 0.785. The Morgan fingerprint density at radius 3 is 2.86 bits per heavy atom. The van der Waals surface area contributed by atoms with Gasteiger partial charge in [-0.05, 0) is 42.5 Å². The molecule has 3 rings (SSSR count). The third-order valence-corrected chi connectivity index (χ3v) is 3.16. The Bertz CT molecular complexity index is 838. The van der Waals surface area contributed by atoms with Gasteiger partial charge in [0.1, 0.15) is 11.5 Å². The first-order valence-electron chi connectivity index (χ1n) is 6.12. The molecule has 0 aliphatic heterocycles. The summed E-state index contributed by atoms with van der Waals surface area (Å²) < 4.78 is 13.1. The van der Waals surface area contributed by atoms with E-state index in [1.165, 1.54) is 18.2 Å². The van der Waals surface area contributed by atoms with Crippen LogP contribution >= 0.6 is 11.6 Å². The van der Waals surface area contributed by atoms with Gasteiger partial charge in [0.15, 0.2) is 5.65 Å². The SMILES string of the molecule is O=C(Nc1ccc(F)c(Cl)c1)c1ccc2cccnc2n1. The van der Waals surface area contributed by atoms with Crippen molar-refractivity contribution in [3.63, 3.8) is 0 Å². The van der Waals surface area contributed by atoms with E-state index in [0.29, 0.717) is 11.3 Å². The lowest BCUT2D eigenvalue weighted by molar-refractivity contribution is 0.102. The number of anilines is 1. The molecule has 0 saturated carbocycles. The molecule has 0 fully saturated rings. The van der Waals surface area contributed by atoms with E-state index < -0.39 is 11.7 Å². The Kier molecular flexibility index (Phi) is 3.50. The molecule has 1 aromatic carbocycles. The number of pyridine rings is 2. The van der Waals surface area contributed by atoms with Crippen LogP contribution in [0.5, 0.6) is 0 Å². The van der Waals surface area contributed by atoms with E-state index in [9.17, 15) is 9.18 Å². The molecule has 0 aliphatic carbocycles. The van der Waals surface area contributed by atoms with Gasteiger partial charge in [0, 0.05) is 17.3 Å². The van der Waals surface area contributed by atoms with Crippen LogP contribution in [0.3, 0.4) is 0 Å². The zero-order valence-corrected chi connectivity index (χ0v) is 11.4. The Morgan fingerprint density at radius 1 is 1.19 bits per heavy atom. The summed E-state index contributed by atoms with van der Waals surface area (Å²) in [5.74, 6) is -0.951. The highest BCUT2D eigenvalue weighted by Crippen LogP contribution is 2.20. The molecule has 0 spiro atoms. The molecule has 0 atom stereocenters. The van der Waals surface area contributed by atoms with Crippen molar-refractivity contribution in [2.24, 2.45) is 0 Å². The summed E-state index contributed by atoms with van der Waals surface area (Å²) in [6.45, 7) is 0. The highest BCUT2D eigenvalue weighted by Gasteiger charge is 2.10. The maximum Gasteiger partial charge on any atom is 0.274 e. The van der Waals surface area contributed by atoms with E-state index in [2.05, 4.69) is 15.3 Å². The van der Waals surface area contributed by atoms with Crippen molar-refractivity contribution in [3.8, 4) is 0 Å². The Balaban J connectivity index is 1.87. The fourth-order valence-corrected chi connectivity index (χ4v) is 2.03. The molecular formula is C15H9ClFN3O. The maximum absolute atomic E-state index is 13.1. The number of aromatic nitrogens is 2. The van der Waals surface area contributed by atoms with Crippen molar-refractivity contribution in [2.45, 2.75) is 0 Å². The lowest BCUT2D eigenvalue weighted by atomic mass is 10.2. The molecule has 6 heteroatoms. The molecule has 4 nitrogen and oxygen atoms in total. The van der Waals surface area contributed by atoms with Gasteiger partial charge in [-0.15, -0.1) is 0 Å². The highest BCUT2D eigenvalue weighted by atomic mass is 35.5. The molecule has 2 aromatic heterocycles. The van der Waals surface area contributed by atoms with Crippen molar-refractivity contribution in [3.05, 3.63) is 65.2 Å². The van der Waals surface area contributed by atoms with E-state index in [0.717, 1.165) is 5.39 Å². The summed E-state index contributed by atoms with van der Waals surface area (Å²) in [6, 6.07) is 11.0. The van der Waals surface area contributed by atoms with Gasteiger partial charge >= 0.3 is 0 Å². The standard InChI is InChI=1S/C15H9ClFN3O/c16-11-8-10(4-5-12(11)17)19-15(21)13-6-3-9-2-1-7-18-14(9)20-13/h1-8H,(H,19,21). The molecule has 3 aromatic rings. The van der Waals surface area contributed by atoms with Gasteiger partial charge in [-0.1, -0.05) is 11.6 Å². The summed E-state index contributed by atoms with van der Waals surface area (Å²) in [5.41, 5.74) is 1.11. The van der Waals surface area contributed by atoms with Gasteiger partial charge in [-0.25, -0.2) is 14.4 Å². The zero-order valence-electron chi connectivity index (χ0n) is 10.7. The summed E-state index contributed by atoms with van der Waals surface area (Å²) in [7, 11) is 0. The number of amides is 1. The van der Waals surface area contributed by atoms with Gasteiger partial charge < -0.3 is 5.32 Å². The van der Waals surface area contributed by atoms with Gasteiger partial charge in [0.05, 0.1) is 5.02 Å². The fourth-order valence-electron chi connectivity index (χ4n) is 1.85. The van der Waals surface area contributed by atoms with Gasteiger partial charge in [-0.3, -0.25) is 4.79 Å². The van der Waals surface area contributed by atoms with Gasteiger partial charge in [0.25, 0.3) is 5.91 Å². The van der Waals surface area contributed by atoms with Crippen LogP contribution in [0.15, 0.2) is 48.7 Å². The van der Waals surface area contributed by atoms with Crippen molar-refractivity contribution in [1.82, 2.24) is 9.97 Å². The number of nitrogens with one attached hydrogen (secondary N) is 1. The number of fused-ring (bicyclic) bond motifs is 1. The van der Waals surface area contributed by atoms with Crippen molar-refractivity contribution in [1.29, 1.82) is 0 Å². The maximum atomic E-state index is 13.1. The van der Waals surface area contributed by atoms with E-state index in [-0.39, 0.29) is 10.7 Å². The molecule has 0 radical (unpaired) electrons. The molecule has 0 saturated heterocycles. The average molecular weight is 302 g/mol. The lowest BCUT2D eigenvalue weighted by Gasteiger charge is -2.06. The number of carbonyl (C=O) groups is 1. The lowest BCUT2D eigenvalue weighted by Crippen LogP contribution is -2.13. The molecule has 0 bridgehead atoms. The van der Waals surface area contributed by atoms with E-state index in [1.807, 2.05) is 6.07 Å². The normalized spacial score (nSPS) is 10.6. The number of rotatable bonds is 2. The first-order chi connectivity index (χ1) is 10.1. The fraction of sp³-hybridized carbons (Fsp3) is 0. The van der Waals surface area contributed by atoms with Gasteiger partial charge in [-0.2, -0.15) is 0 Å². The van der Waals surface area contributed by atoms with Crippen LogP contribution in [-0.2, 0) is 0 Å². The van der Waals surface area contributed by atoms with Crippen LogP contribution in [0, 0.1) is 5.82 Å². The molecule has 2 heterocycles. The zero-order chi connectivity index (χ0) is 14.8. The molecular weight excluding hydrogens is 293 g/mol. The predicted molar refractivity (Wildman–Crippen MR) is 78.9 cm³/mol. The van der Waals surface area contributed by atoms with Crippen LogP contribution in [0.1, 0.15) is 10.5 Å². The monoisotopic (exact) mass is 301 g/mol. The molecule has 104 valence electrons. The number of nitrogens with zero attached hydrogens (tertiary/aromatic N) is 2. The number of carbonyl (C=O) groups excluding carboxylic acids is 1. The number of halogens is 2. The molecule has 0 aliphatic rings.